The Morgan fingerprint density at radius 3 is 2.96 bits per heavy atom. The van der Waals surface area contributed by atoms with Crippen molar-refractivity contribution in [3.63, 3.8) is 0 Å². The first-order valence-corrected chi connectivity index (χ1v) is 8.23. The van der Waals surface area contributed by atoms with E-state index >= 15 is 0 Å². The first kappa shape index (κ1) is 18.2. The zero-order chi connectivity index (χ0) is 18.9. The second kappa shape index (κ2) is 6.97. The molecule has 1 fully saturated rings. The lowest BCUT2D eigenvalue weighted by Gasteiger charge is -2.23. The van der Waals surface area contributed by atoms with Crippen LogP contribution < -0.4 is 11.0 Å². The van der Waals surface area contributed by atoms with Crippen molar-refractivity contribution in [3.8, 4) is 0 Å². The Kier molecular flexibility index (Phi) is 4.89. The van der Waals surface area contributed by atoms with E-state index in [1.54, 1.807) is 0 Å². The third kappa shape index (κ3) is 3.13. The van der Waals surface area contributed by atoms with E-state index < -0.39 is 36.5 Å². The summed E-state index contributed by atoms with van der Waals surface area (Å²) in [6, 6.07) is 1.40. The van der Waals surface area contributed by atoms with Crippen LogP contribution in [0.5, 0.6) is 0 Å². The summed E-state index contributed by atoms with van der Waals surface area (Å²) in [5, 5.41) is 27.6. The number of aliphatic hydroxyl groups is 2. The van der Waals surface area contributed by atoms with Crippen LogP contribution in [0, 0.1) is 6.92 Å². The van der Waals surface area contributed by atoms with Crippen LogP contribution >= 0.6 is 11.3 Å². The van der Waals surface area contributed by atoms with Crippen LogP contribution in [0.3, 0.4) is 0 Å². The number of azide groups is 1. The highest BCUT2D eigenvalue weighted by atomic mass is 32.1. The van der Waals surface area contributed by atoms with Crippen molar-refractivity contribution in [2.24, 2.45) is 5.11 Å². The predicted molar refractivity (Wildman–Crippen MR) is 88.6 cm³/mol. The van der Waals surface area contributed by atoms with Crippen molar-refractivity contribution in [2.75, 3.05) is 11.9 Å². The summed E-state index contributed by atoms with van der Waals surface area (Å²) in [5.41, 5.74) is 6.28. The molecule has 1 aliphatic heterocycles. The number of hydrogen-bond acceptors (Lipinski definition) is 9. The Bertz CT molecular complexity index is 914. The van der Waals surface area contributed by atoms with Gasteiger partial charge in [0.25, 0.3) is 0 Å². The summed E-state index contributed by atoms with van der Waals surface area (Å²) in [6.45, 7) is 0.856. The average molecular weight is 383 g/mol. The average Bonchev–Trinajstić information content (AvgIpc) is 3.12. The second-order valence-corrected chi connectivity index (χ2v) is 6.37. The molecule has 0 amide bonds. The van der Waals surface area contributed by atoms with Crippen LogP contribution in [-0.4, -0.2) is 49.4 Å². The molecule has 4 atom stereocenters. The Morgan fingerprint density at radius 2 is 2.38 bits per heavy atom. The maximum atomic E-state index is 14.4. The fourth-order valence-corrected chi connectivity index (χ4v) is 3.17. The van der Waals surface area contributed by atoms with Crippen LogP contribution in [0.2, 0.25) is 0 Å². The number of aryl methyl sites for hydroxylation is 1. The number of aromatic nitrogens is 3. The molecule has 0 aromatic carbocycles. The fraction of sp³-hybridized carbons (Fsp3) is 0.462. The minimum Gasteiger partial charge on any atom is -0.393 e. The van der Waals surface area contributed by atoms with Crippen molar-refractivity contribution < 1.29 is 19.3 Å². The van der Waals surface area contributed by atoms with Crippen LogP contribution in [0.15, 0.2) is 27.6 Å². The van der Waals surface area contributed by atoms with Gasteiger partial charge in [-0.05, 0) is 18.5 Å². The first-order chi connectivity index (χ1) is 12.4. The molecule has 1 aliphatic rings. The second-order valence-electron chi connectivity index (χ2n) is 5.51. The summed E-state index contributed by atoms with van der Waals surface area (Å²) in [4.78, 5) is 22.6. The van der Waals surface area contributed by atoms with Gasteiger partial charge in [0.15, 0.2) is 17.5 Å². The molecule has 0 bridgehead atoms. The molecule has 2 aromatic heterocycles. The largest absolute Gasteiger partial charge is 0.393 e. The number of ether oxygens (including phenoxy) is 1. The van der Waals surface area contributed by atoms with E-state index in [1.165, 1.54) is 23.6 Å². The molecule has 0 spiro atoms. The number of anilines is 2. The normalized spacial score (nSPS) is 27.9. The smallest absolute Gasteiger partial charge is 0.351 e. The highest BCUT2D eigenvalue weighted by Crippen LogP contribution is 2.39. The van der Waals surface area contributed by atoms with Crippen LogP contribution in [0.1, 0.15) is 11.9 Å². The number of hydrogen-bond donors (Lipinski definition) is 3. The fourth-order valence-electron chi connectivity index (χ4n) is 2.48. The number of nitrogens with zero attached hydrogens (tertiary/aromatic N) is 6. The molecule has 2 aromatic rings. The lowest BCUT2D eigenvalue weighted by atomic mass is 10.1. The quantitative estimate of drug-likeness (QED) is 0.394. The van der Waals surface area contributed by atoms with Crippen molar-refractivity contribution >= 4 is 22.3 Å². The molecular formula is C13H14FN7O4S. The van der Waals surface area contributed by atoms with Gasteiger partial charge in [-0.15, -0.1) is 11.3 Å². The molecule has 26 heavy (non-hydrogen) atoms. The number of thiazole rings is 1. The standard InChI is InChI=1S/C13H14FN7O4S/c1-6-4-26-11(16-6)17-7-2-3-21(12(24)18-7)10-8(14)9(23)13(5-22,25-10)19-20-15/h2-4,8-10,22-23H,5H2,1H3,(H,16,17,18,24)/t8-,9-,10+,13+/m0/s1. The van der Waals surface area contributed by atoms with Gasteiger partial charge in [0.2, 0.25) is 5.72 Å². The zero-order valence-electron chi connectivity index (χ0n) is 13.4. The summed E-state index contributed by atoms with van der Waals surface area (Å²) < 4.78 is 20.4. The molecule has 13 heteroatoms. The lowest BCUT2D eigenvalue weighted by molar-refractivity contribution is -0.124. The van der Waals surface area contributed by atoms with Gasteiger partial charge < -0.3 is 20.3 Å². The highest BCUT2D eigenvalue weighted by molar-refractivity contribution is 7.13. The van der Waals surface area contributed by atoms with E-state index in [-0.39, 0.29) is 5.82 Å². The molecule has 0 unspecified atom stereocenters. The van der Waals surface area contributed by atoms with E-state index in [9.17, 15) is 19.4 Å². The number of halogens is 1. The van der Waals surface area contributed by atoms with Gasteiger partial charge in [-0.25, -0.2) is 14.2 Å². The van der Waals surface area contributed by atoms with E-state index in [0.717, 1.165) is 10.3 Å². The molecule has 0 aliphatic carbocycles. The molecular weight excluding hydrogens is 369 g/mol. The van der Waals surface area contributed by atoms with Crippen LogP contribution in [0.25, 0.3) is 10.4 Å². The highest BCUT2D eigenvalue weighted by Gasteiger charge is 2.56. The van der Waals surface area contributed by atoms with Crippen molar-refractivity contribution in [3.05, 3.63) is 44.3 Å². The molecule has 3 N–H and O–H groups in total. The van der Waals surface area contributed by atoms with Crippen molar-refractivity contribution in [1.29, 1.82) is 0 Å². The minimum atomic E-state index is -2.21. The van der Waals surface area contributed by atoms with Gasteiger partial charge in [0.1, 0.15) is 11.9 Å². The topological polar surface area (TPSA) is 158 Å². The van der Waals surface area contributed by atoms with E-state index in [2.05, 4.69) is 25.3 Å². The van der Waals surface area contributed by atoms with Crippen molar-refractivity contribution in [1.82, 2.24) is 14.5 Å². The maximum absolute atomic E-state index is 14.4. The Hall–Kier alpha value is -2.57. The third-order valence-electron chi connectivity index (χ3n) is 3.76. The number of rotatable bonds is 5. The van der Waals surface area contributed by atoms with Gasteiger partial charge in [0, 0.05) is 16.5 Å². The summed E-state index contributed by atoms with van der Waals surface area (Å²) in [5.74, 6) is 0.193. The maximum Gasteiger partial charge on any atom is 0.351 e. The molecule has 138 valence electrons. The molecule has 0 radical (unpaired) electrons. The van der Waals surface area contributed by atoms with Gasteiger partial charge in [-0.1, -0.05) is 5.11 Å². The first-order valence-electron chi connectivity index (χ1n) is 7.35. The van der Waals surface area contributed by atoms with Gasteiger partial charge in [-0.3, -0.25) is 4.57 Å². The Balaban J connectivity index is 1.88. The summed E-state index contributed by atoms with van der Waals surface area (Å²) >= 11 is 1.33. The number of alkyl halides is 1. The van der Waals surface area contributed by atoms with E-state index in [1.807, 2.05) is 12.3 Å². The number of nitrogens with one attached hydrogen (secondary N) is 1. The Morgan fingerprint density at radius 1 is 1.62 bits per heavy atom. The SMILES string of the molecule is Cc1csc(Nc2ccn([C@@H]3O[C@@](CO)(N=[N+]=[N-])[C@@H](O)[C@@H]3F)c(=O)n2)n1. The van der Waals surface area contributed by atoms with Gasteiger partial charge >= 0.3 is 5.69 Å². The minimum absolute atomic E-state index is 0.193. The molecule has 3 rings (SSSR count). The molecule has 1 saturated heterocycles. The predicted octanol–water partition coefficient (Wildman–Crippen LogP) is 0.979. The molecule has 3 heterocycles. The Labute approximate surface area is 149 Å². The van der Waals surface area contributed by atoms with Gasteiger partial charge in [0.05, 0.1) is 12.3 Å². The lowest BCUT2D eigenvalue weighted by Crippen LogP contribution is -2.43. The monoisotopic (exact) mass is 383 g/mol. The summed E-state index contributed by atoms with van der Waals surface area (Å²) in [6.07, 6.45) is -4.46. The van der Waals surface area contributed by atoms with Crippen molar-refractivity contribution in [2.45, 2.75) is 31.2 Å². The third-order valence-corrected chi connectivity index (χ3v) is 4.64. The summed E-state index contributed by atoms with van der Waals surface area (Å²) in [7, 11) is 0. The molecule has 0 saturated carbocycles. The number of aliphatic hydroxyl groups excluding tert-OH is 2. The van der Waals surface area contributed by atoms with Crippen LogP contribution in [-0.2, 0) is 4.74 Å². The zero-order valence-corrected chi connectivity index (χ0v) is 14.2. The molecule has 11 nitrogen and oxygen atoms in total. The van der Waals surface area contributed by atoms with Crippen LogP contribution in [0.4, 0.5) is 15.3 Å². The van der Waals surface area contributed by atoms with Gasteiger partial charge in [-0.2, -0.15) is 4.98 Å². The van der Waals surface area contributed by atoms with E-state index in [4.69, 9.17) is 10.3 Å². The van der Waals surface area contributed by atoms with E-state index in [0.29, 0.717) is 5.13 Å².